The van der Waals surface area contributed by atoms with E-state index in [0.717, 1.165) is 25.6 Å². The summed E-state index contributed by atoms with van der Waals surface area (Å²) < 4.78 is 0. The Labute approximate surface area is 135 Å². The Morgan fingerprint density at radius 2 is 1.64 bits per heavy atom. The largest absolute Gasteiger partial charge is 0.342 e. The molecule has 0 saturated carbocycles. The van der Waals surface area contributed by atoms with Crippen LogP contribution in [0.1, 0.15) is 51.9 Å². The van der Waals surface area contributed by atoms with Crippen molar-refractivity contribution in [3.05, 3.63) is 0 Å². The number of piperidine rings is 2. The monoisotopic (exact) mass is 307 g/mol. The molecule has 0 bridgehead atoms. The van der Waals surface area contributed by atoms with Gasteiger partial charge in [0.2, 0.25) is 5.91 Å². The number of rotatable bonds is 4. The third-order valence-corrected chi connectivity index (χ3v) is 5.89. The van der Waals surface area contributed by atoms with Crippen LogP contribution in [-0.4, -0.2) is 72.5 Å². The van der Waals surface area contributed by atoms with Gasteiger partial charge in [0.25, 0.3) is 0 Å². The molecule has 4 nitrogen and oxygen atoms in total. The summed E-state index contributed by atoms with van der Waals surface area (Å²) in [6.45, 7) is 9.75. The molecule has 3 saturated heterocycles. The minimum Gasteiger partial charge on any atom is -0.342 e. The molecule has 0 aromatic carbocycles. The minimum atomic E-state index is 0.373. The molecular formula is C18H33N3O. The number of carbonyl (C=O) groups is 1. The van der Waals surface area contributed by atoms with Crippen LogP contribution < -0.4 is 0 Å². The van der Waals surface area contributed by atoms with Crippen molar-refractivity contribution in [2.75, 3.05) is 45.8 Å². The standard InChI is InChI=1S/C18H33N3O/c1-16-7-12-20(13-8-16)18(22)15-21-11-5-6-17(21)14-19-9-3-2-4-10-19/h16-17H,2-15H2,1H3/t17-/m1/s1. The van der Waals surface area contributed by atoms with Crippen LogP contribution >= 0.6 is 0 Å². The van der Waals surface area contributed by atoms with Crippen molar-refractivity contribution >= 4 is 5.91 Å². The van der Waals surface area contributed by atoms with Gasteiger partial charge in [-0.05, 0) is 64.1 Å². The van der Waals surface area contributed by atoms with Gasteiger partial charge in [-0.25, -0.2) is 0 Å². The van der Waals surface area contributed by atoms with Gasteiger partial charge in [0.05, 0.1) is 6.54 Å². The molecule has 0 spiro atoms. The third kappa shape index (κ3) is 4.23. The second kappa shape index (κ2) is 7.78. The molecule has 3 aliphatic heterocycles. The van der Waals surface area contributed by atoms with E-state index in [1.807, 2.05) is 0 Å². The molecule has 126 valence electrons. The minimum absolute atomic E-state index is 0.373. The molecule has 1 amide bonds. The summed E-state index contributed by atoms with van der Waals surface area (Å²) in [6.07, 6.45) is 9.03. The Morgan fingerprint density at radius 1 is 0.909 bits per heavy atom. The molecule has 0 radical (unpaired) electrons. The second-order valence-corrected chi connectivity index (χ2v) is 7.69. The van der Waals surface area contributed by atoms with E-state index in [1.54, 1.807) is 0 Å². The maximum atomic E-state index is 12.6. The molecule has 0 aromatic rings. The number of amides is 1. The van der Waals surface area contributed by atoms with Crippen molar-refractivity contribution in [2.45, 2.75) is 57.9 Å². The fourth-order valence-corrected chi connectivity index (χ4v) is 4.28. The van der Waals surface area contributed by atoms with Gasteiger partial charge in [-0.2, -0.15) is 0 Å². The van der Waals surface area contributed by atoms with Crippen LogP contribution in [0.2, 0.25) is 0 Å². The van der Waals surface area contributed by atoms with E-state index in [-0.39, 0.29) is 0 Å². The molecule has 0 N–H and O–H groups in total. The predicted octanol–water partition coefficient (Wildman–Crippen LogP) is 2.20. The Kier molecular flexibility index (Phi) is 5.75. The smallest absolute Gasteiger partial charge is 0.236 e. The van der Waals surface area contributed by atoms with Gasteiger partial charge in [-0.15, -0.1) is 0 Å². The fourth-order valence-electron chi connectivity index (χ4n) is 4.28. The second-order valence-electron chi connectivity index (χ2n) is 7.69. The summed E-state index contributed by atoms with van der Waals surface area (Å²) in [5.41, 5.74) is 0. The van der Waals surface area contributed by atoms with Crippen LogP contribution in [-0.2, 0) is 4.79 Å². The fraction of sp³-hybridized carbons (Fsp3) is 0.944. The summed E-state index contributed by atoms with van der Waals surface area (Å²) in [7, 11) is 0. The molecule has 3 heterocycles. The zero-order valence-electron chi connectivity index (χ0n) is 14.3. The van der Waals surface area contributed by atoms with E-state index in [0.29, 0.717) is 18.5 Å². The lowest BCUT2D eigenvalue weighted by Gasteiger charge is -2.35. The maximum Gasteiger partial charge on any atom is 0.236 e. The molecule has 0 unspecified atom stereocenters. The first kappa shape index (κ1) is 16.3. The lowest BCUT2D eigenvalue weighted by atomic mass is 9.99. The molecule has 22 heavy (non-hydrogen) atoms. The first-order valence-corrected chi connectivity index (χ1v) is 9.46. The van der Waals surface area contributed by atoms with E-state index in [4.69, 9.17) is 0 Å². The molecule has 3 fully saturated rings. The molecule has 4 heteroatoms. The molecule has 0 aromatic heterocycles. The van der Waals surface area contributed by atoms with Gasteiger partial charge < -0.3 is 9.80 Å². The highest BCUT2D eigenvalue weighted by molar-refractivity contribution is 5.78. The Bertz CT molecular complexity index is 359. The molecule has 0 aliphatic carbocycles. The predicted molar refractivity (Wildman–Crippen MR) is 89.9 cm³/mol. The molecule has 3 rings (SSSR count). The van der Waals surface area contributed by atoms with E-state index in [1.165, 1.54) is 64.6 Å². The quantitative estimate of drug-likeness (QED) is 0.796. The summed E-state index contributed by atoms with van der Waals surface area (Å²) in [5, 5.41) is 0. The highest BCUT2D eigenvalue weighted by atomic mass is 16.2. The number of nitrogens with zero attached hydrogens (tertiary/aromatic N) is 3. The summed E-state index contributed by atoms with van der Waals surface area (Å²) in [4.78, 5) is 19.8. The molecule has 1 atom stereocenters. The average Bonchev–Trinajstić information content (AvgIpc) is 2.96. The van der Waals surface area contributed by atoms with Gasteiger partial charge in [0, 0.05) is 25.7 Å². The zero-order chi connectivity index (χ0) is 15.4. The molecule has 3 aliphatic rings. The van der Waals surface area contributed by atoms with Gasteiger partial charge in [-0.3, -0.25) is 9.69 Å². The van der Waals surface area contributed by atoms with Crippen molar-refractivity contribution in [1.29, 1.82) is 0 Å². The number of carbonyl (C=O) groups excluding carboxylic acids is 1. The Balaban J connectivity index is 1.46. The summed E-state index contributed by atoms with van der Waals surface area (Å²) >= 11 is 0. The maximum absolute atomic E-state index is 12.6. The third-order valence-electron chi connectivity index (χ3n) is 5.89. The van der Waals surface area contributed by atoms with Gasteiger partial charge >= 0.3 is 0 Å². The van der Waals surface area contributed by atoms with E-state index in [2.05, 4.69) is 21.6 Å². The van der Waals surface area contributed by atoms with Crippen LogP contribution in [0.3, 0.4) is 0 Å². The first-order chi connectivity index (χ1) is 10.7. The van der Waals surface area contributed by atoms with Crippen LogP contribution in [0.5, 0.6) is 0 Å². The van der Waals surface area contributed by atoms with Crippen molar-refractivity contribution in [3.8, 4) is 0 Å². The van der Waals surface area contributed by atoms with Crippen LogP contribution in [0.4, 0.5) is 0 Å². The lowest BCUT2D eigenvalue weighted by molar-refractivity contribution is -0.134. The highest BCUT2D eigenvalue weighted by Crippen LogP contribution is 2.21. The van der Waals surface area contributed by atoms with Gasteiger partial charge in [0.15, 0.2) is 0 Å². The Morgan fingerprint density at radius 3 is 2.36 bits per heavy atom. The number of hydrogen-bond acceptors (Lipinski definition) is 3. The van der Waals surface area contributed by atoms with Crippen LogP contribution in [0.25, 0.3) is 0 Å². The van der Waals surface area contributed by atoms with E-state index >= 15 is 0 Å². The van der Waals surface area contributed by atoms with Crippen molar-refractivity contribution in [2.24, 2.45) is 5.92 Å². The van der Waals surface area contributed by atoms with Crippen molar-refractivity contribution in [1.82, 2.24) is 14.7 Å². The van der Waals surface area contributed by atoms with Gasteiger partial charge in [-0.1, -0.05) is 13.3 Å². The van der Waals surface area contributed by atoms with Crippen molar-refractivity contribution < 1.29 is 4.79 Å². The topological polar surface area (TPSA) is 26.8 Å². The van der Waals surface area contributed by atoms with E-state index in [9.17, 15) is 4.79 Å². The summed E-state index contributed by atoms with van der Waals surface area (Å²) in [5.74, 6) is 1.17. The summed E-state index contributed by atoms with van der Waals surface area (Å²) in [6, 6.07) is 0.616. The van der Waals surface area contributed by atoms with Crippen molar-refractivity contribution in [3.63, 3.8) is 0 Å². The normalized spacial score (nSPS) is 29.1. The van der Waals surface area contributed by atoms with Crippen LogP contribution in [0, 0.1) is 5.92 Å². The molecular weight excluding hydrogens is 274 g/mol. The average molecular weight is 307 g/mol. The highest BCUT2D eigenvalue weighted by Gasteiger charge is 2.30. The lowest BCUT2D eigenvalue weighted by Crippen LogP contribution is -2.48. The van der Waals surface area contributed by atoms with E-state index < -0.39 is 0 Å². The number of likely N-dealkylation sites (tertiary alicyclic amines) is 3. The van der Waals surface area contributed by atoms with Crippen LogP contribution in [0.15, 0.2) is 0 Å². The first-order valence-electron chi connectivity index (χ1n) is 9.46. The van der Waals surface area contributed by atoms with Gasteiger partial charge in [0.1, 0.15) is 0 Å². The SMILES string of the molecule is CC1CCN(C(=O)CN2CCC[C@@H]2CN2CCCCC2)CC1. The number of hydrogen-bond donors (Lipinski definition) is 0. The Hall–Kier alpha value is -0.610. The zero-order valence-corrected chi connectivity index (χ0v) is 14.3.